The number of carbonyl (C=O) groups is 2. The molecule has 0 unspecified atom stereocenters. The Hall–Kier alpha value is -2.13. The highest BCUT2D eigenvalue weighted by molar-refractivity contribution is 7.89. The van der Waals surface area contributed by atoms with E-state index in [4.69, 9.17) is 10.2 Å². The molecular weight excluding hydrogens is 298 g/mol. The van der Waals surface area contributed by atoms with E-state index < -0.39 is 27.4 Å². The number of hydrogen-bond acceptors (Lipinski definition) is 4. The highest BCUT2D eigenvalue weighted by Gasteiger charge is 2.27. The predicted octanol–water partition coefficient (Wildman–Crippen LogP) is 0.566. The number of hydrogen-bond donors (Lipinski definition) is 4. The Balaban J connectivity index is 2.70. The maximum Gasteiger partial charge on any atom is 0.319 e. The summed E-state index contributed by atoms with van der Waals surface area (Å²) in [4.78, 5) is 22.4. The number of amides is 2. The molecule has 0 atom stereocenters. The number of primary sulfonamides is 1. The second kappa shape index (κ2) is 6.10. The summed E-state index contributed by atoms with van der Waals surface area (Å²) in [6.45, 7) is 2.86. The van der Waals surface area contributed by atoms with Crippen LogP contribution in [0.15, 0.2) is 29.2 Å². The summed E-state index contributed by atoms with van der Waals surface area (Å²) >= 11 is 0. The van der Waals surface area contributed by atoms with E-state index in [-0.39, 0.29) is 17.1 Å². The number of benzene rings is 1. The number of anilines is 1. The first-order chi connectivity index (χ1) is 9.52. The fourth-order valence-corrected chi connectivity index (χ4v) is 1.86. The van der Waals surface area contributed by atoms with Gasteiger partial charge in [-0.1, -0.05) is 6.07 Å². The molecule has 0 spiro atoms. The van der Waals surface area contributed by atoms with Crippen LogP contribution in [-0.2, 0) is 14.8 Å². The van der Waals surface area contributed by atoms with Gasteiger partial charge in [0.25, 0.3) is 0 Å². The Labute approximate surface area is 122 Å². The van der Waals surface area contributed by atoms with Crippen LogP contribution in [0.3, 0.4) is 0 Å². The molecule has 0 aliphatic rings. The van der Waals surface area contributed by atoms with E-state index in [1.807, 2.05) is 0 Å². The lowest BCUT2D eigenvalue weighted by molar-refractivity contribution is -0.146. The fourth-order valence-electron chi connectivity index (χ4n) is 1.30. The number of carboxylic acid groups (broad SMARTS) is 1. The molecule has 0 aromatic heterocycles. The van der Waals surface area contributed by atoms with Crippen LogP contribution in [-0.4, -0.2) is 32.1 Å². The molecule has 0 saturated carbocycles. The SMILES string of the molecule is CC(C)(CNC(=O)Nc1cccc(S(N)(=O)=O)c1)C(=O)O. The molecule has 9 heteroatoms. The zero-order chi connectivity index (χ0) is 16.3. The first-order valence-electron chi connectivity index (χ1n) is 5.93. The first-order valence-corrected chi connectivity index (χ1v) is 7.48. The molecule has 2 amide bonds. The van der Waals surface area contributed by atoms with Crippen molar-refractivity contribution >= 4 is 27.7 Å². The molecule has 0 fully saturated rings. The smallest absolute Gasteiger partial charge is 0.319 e. The number of urea groups is 1. The van der Waals surface area contributed by atoms with Gasteiger partial charge in [0.2, 0.25) is 10.0 Å². The Morgan fingerprint density at radius 2 is 1.95 bits per heavy atom. The molecule has 0 bridgehead atoms. The summed E-state index contributed by atoms with van der Waals surface area (Å²) in [6, 6.07) is 4.77. The number of sulfonamides is 1. The molecule has 1 aromatic rings. The van der Waals surface area contributed by atoms with Gasteiger partial charge < -0.3 is 15.7 Å². The second-order valence-corrected chi connectivity index (χ2v) is 6.63. The number of rotatable bonds is 5. The van der Waals surface area contributed by atoms with Crippen molar-refractivity contribution in [3.63, 3.8) is 0 Å². The molecule has 8 nitrogen and oxygen atoms in total. The number of carboxylic acids is 1. The van der Waals surface area contributed by atoms with E-state index in [9.17, 15) is 18.0 Å². The van der Waals surface area contributed by atoms with Gasteiger partial charge in [-0.05, 0) is 32.0 Å². The van der Waals surface area contributed by atoms with Crippen LogP contribution in [0.2, 0.25) is 0 Å². The molecule has 116 valence electrons. The zero-order valence-electron chi connectivity index (χ0n) is 11.6. The van der Waals surface area contributed by atoms with E-state index >= 15 is 0 Å². The Morgan fingerprint density at radius 3 is 2.48 bits per heavy atom. The van der Waals surface area contributed by atoms with Crippen LogP contribution in [0, 0.1) is 5.41 Å². The summed E-state index contributed by atoms with van der Waals surface area (Å²) in [5.74, 6) is -1.04. The van der Waals surface area contributed by atoms with Crippen molar-refractivity contribution in [2.45, 2.75) is 18.7 Å². The summed E-state index contributed by atoms with van der Waals surface area (Å²) in [6.07, 6.45) is 0. The minimum atomic E-state index is -3.86. The quantitative estimate of drug-likeness (QED) is 0.629. The van der Waals surface area contributed by atoms with Crippen LogP contribution >= 0.6 is 0 Å². The topological polar surface area (TPSA) is 139 Å². The van der Waals surface area contributed by atoms with Crippen LogP contribution in [0.5, 0.6) is 0 Å². The van der Waals surface area contributed by atoms with E-state index in [1.54, 1.807) is 0 Å². The number of nitrogens with two attached hydrogens (primary N) is 1. The number of nitrogens with one attached hydrogen (secondary N) is 2. The van der Waals surface area contributed by atoms with Gasteiger partial charge in [0, 0.05) is 12.2 Å². The van der Waals surface area contributed by atoms with E-state index in [2.05, 4.69) is 10.6 Å². The van der Waals surface area contributed by atoms with E-state index in [1.165, 1.54) is 38.1 Å². The standard InChI is InChI=1S/C12H17N3O5S/c1-12(2,10(16)17)7-14-11(18)15-8-4-3-5-9(6-8)21(13,19)20/h3-6H,7H2,1-2H3,(H,16,17)(H2,13,19,20)(H2,14,15,18). The van der Waals surface area contributed by atoms with Crippen molar-refractivity contribution in [3.8, 4) is 0 Å². The average molecular weight is 315 g/mol. The molecule has 0 saturated heterocycles. The molecule has 0 aliphatic heterocycles. The molecule has 0 radical (unpaired) electrons. The van der Waals surface area contributed by atoms with Crippen molar-refractivity contribution in [3.05, 3.63) is 24.3 Å². The van der Waals surface area contributed by atoms with Gasteiger partial charge in [-0.25, -0.2) is 18.4 Å². The maximum absolute atomic E-state index is 11.6. The third kappa shape index (κ3) is 5.04. The van der Waals surface area contributed by atoms with Gasteiger partial charge in [-0.15, -0.1) is 0 Å². The molecule has 5 N–H and O–H groups in total. The van der Waals surface area contributed by atoms with Gasteiger partial charge >= 0.3 is 12.0 Å². The molecule has 21 heavy (non-hydrogen) atoms. The second-order valence-electron chi connectivity index (χ2n) is 5.07. The van der Waals surface area contributed by atoms with Crippen LogP contribution < -0.4 is 15.8 Å². The zero-order valence-corrected chi connectivity index (χ0v) is 12.4. The summed E-state index contributed by atoms with van der Waals surface area (Å²) in [5, 5.41) is 18.7. The minimum absolute atomic E-state index is 0.0803. The van der Waals surface area contributed by atoms with E-state index in [0.29, 0.717) is 0 Å². The minimum Gasteiger partial charge on any atom is -0.481 e. The number of aliphatic carboxylic acids is 1. The molecule has 1 aromatic carbocycles. The Bertz CT molecular complexity index is 655. The first kappa shape index (κ1) is 16.9. The fraction of sp³-hybridized carbons (Fsp3) is 0.333. The number of carbonyl (C=O) groups excluding carboxylic acids is 1. The van der Waals surface area contributed by atoms with E-state index in [0.717, 1.165) is 0 Å². The third-order valence-electron chi connectivity index (χ3n) is 2.69. The molecule has 1 rings (SSSR count). The van der Waals surface area contributed by atoms with Crippen LogP contribution in [0.25, 0.3) is 0 Å². The average Bonchev–Trinajstić information content (AvgIpc) is 2.35. The third-order valence-corrected chi connectivity index (χ3v) is 3.60. The normalized spacial score (nSPS) is 11.8. The van der Waals surface area contributed by atoms with Crippen LogP contribution in [0.4, 0.5) is 10.5 Å². The molecular formula is C12H17N3O5S. The van der Waals surface area contributed by atoms with Crippen molar-refractivity contribution < 1.29 is 23.1 Å². The Kier molecular flexibility index (Phi) is 4.92. The van der Waals surface area contributed by atoms with Crippen molar-refractivity contribution in [2.75, 3.05) is 11.9 Å². The van der Waals surface area contributed by atoms with Crippen LogP contribution in [0.1, 0.15) is 13.8 Å². The lowest BCUT2D eigenvalue weighted by Gasteiger charge is -2.19. The monoisotopic (exact) mass is 315 g/mol. The summed E-state index contributed by atoms with van der Waals surface area (Å²) in [5.41, 5.74) is -0.882. The van der Waals surface area contributed by atoms with Gasteiger partial charge in [0.15, 0.2) is 0 Å². The lowest BCUT2D eigenvalue weighted by atomic mass is 9.94. The lowest BCUT2D eigenvalue weighted by Crippen LogP contribution is -2.40. The summed E-state index contributed by atoms with van der Waals surface area (Å²) < 4.78 is 22.4. The van der Waals surface area contributed by atoms with Gasteiger partial charge in [0.1, 0.15) is 0 Å². The van der Waals surface area contributed by atoms with Gasteiger partial charge in [-0.2, -0.15) is 0 Å². The van der Waals surface area contributed by atoms with Crippen molar-refractivity contribution in [2.24, 2.45) is 10.6 Å². The highest BCUT2D eigenvalue weighted by Crippen LogP contribution is 2.15. The maximum atomic E-state index is 11.6. The van der Waals surface area contributed by atoms with Gasteiger partial charge in [-0.3, -0.25) is 4.79 Å². The molecule has 0 aliphatic carbocycles. The summed E-state index contributed by atoms with van der Waals surface area (Å²) in [7, 11) is -3.86. The highest BCUT2D eigenvalue weighted by atomic mass is 32.2. The van der Waals surface area contributed by atoms with Crippen molar-refractivity contribution in [1.82, 2.24) is 5.32 Å². The van der Waals surface area contributed by atoms with Gasteiger partial charge in [0.05, 0.1) is 10.3 Å². The molecule has 0 heterocycles. The Morgan fingerprint density at radius 1 is 1.33 bits per heavy atom. The largest absolute Gasteiger partial charge is 0.481 e. The predicted molar refractivity (Wildman–Crippen MR) is 76.3 cm³/mol. The van der Waals surface area contributed by atoms with Crippen molar-refractivity contribution in [1.29, 1.82) is 0 Å².